The molecule has 1 aliphatic heterocycles. The molecule has 198 valence electrons. The number of carbonyl (C=O) groups excluding carboxylic acids is 1. The molecule has 1 fully saturated rings. The van der Waals surface area contributed by atoms with Crippen molar-refractivity contribution in [2.75, 3.05) is 26.8 Å². The predicted molar refractivity (Wildman–Crippen MR) is 145 cm³/mol. The Hall–Kier alpha value is -2.92. The molecule has 2 N–H and O–H groups in total. The maximum absolute atomic E-state index is 13.2. The van der Waals surface area contributed by atoms with Crippen molar-refractivity contribution in [3.63, 3.8) is 0 Å². The zero-order chi connectivity index (χ0) is 26.3. The summed E-state index contributed by atoms with van der Waals surface area (Å²) < 4.78 is 39.0. The third-order valence-corrected chi connectivity index (χ3v) is 9.70. The number of rotatable bonds is 11. The topological polar surface area (TPSA) is 97.0 Å². The Morgan fingerprint density at radius 2 is 1.78 bits per heavy atom. The highest BCUT2D eigenvalue weighted by Gasteiger charge is 2.30. The van der Waals surface area contributed by atoms with Gasteiger partial charge >= 0.3 is 0 Å². The molecule has 1 amide bonds. The first kappa shape index (κ1) is 27.1. The largest absolute Gasteiger partial charge is 0.497 e. The molecular formula is C27H33N3O5S2. The van der Waals surface area contributed by atoms with Crippen molar-refractivity contribution < 1.29 is 22.7 Å². The van der Waals surface area contributed by atoms with Gasteiger partial charge in [-0.3, -0.25) is 4.79 Å². The lowest BCUT2D eigenvalue weighted by atomic mass is 10.1. The summed E-state index contributed by atoms with van der Waals surface area (Å²) in [5.41, 5.74) is 1.63. The Morgan fingerprint density at radius 3 is 2.54 bits per heavy atom. The number of sulfonamides is 1. The van der Waals surface area contributed by atoms with Gasteiger partial charge in [0.25, 0.3) is 15.9 Å². The number of nitrogens with one attached hydrogen (secondary N) is 2. The number of hydrogen-bond donors (Lipinski definition) is 2. The summed E-state index contributed by atoms with van der Waals surface area (Å²) >= 11 is 1.20. The van der Waals surface area contributed by atoms with Crippen molar-refractivity contribution in [2.24, 2.45) is 0 Å². The van der Waals surface area contributed by atoms with Gasteiger partial charge in [0.2, 0.25) is 0 Å². The smallest absolute Gasteiger partial charge is 0.252 e. The number of hydrogen-bond acceptors (Lipinski definition) is 7. The van der Waals surface area contributed by atoms with Crippen LogP contribution in [-0.4, -0.2) is 51.5 Å². The van der Waals surface area contributed by atoms with Crippen LogP contribution in [0.5, 0.6) is 11.5 Å². The Balaban J connectivity index is 1.27. The monoisotopic (exact) mass is 543 g/mol. The molecule has 37 heavy (non-hydrogen) atoms. The highest BCUT2D eigenvalue weighted by molar-refractivity contribution is 7.91. The molecule has 0 radical (unpaired) electrons. The first-order valence-electron chi connectivity index (χ1n) is 12.3. The van der Waals surface area contributed by atoms with E-state index in [-0.39, 0.29) is 18.5 Å². The average Bonchev–Trinajstić information content (AvgIpc) is 3.41. The number of piperidine rings is 1. The molecule has 2 heterocycles. The van der Waals surface area contributed by atoms with Crippen molar-refractivity contribution in [1.29, 1.82) is 0 Å². The van der Waals surface area contributed by atoms with E-state index in [1.54, 1.807) is 47.8 Å². The summed E-state index contributed by atoms with van der Waals surface area (Å²) in [5, 5.41) is 6.39. The van der Waals surface area contributed by atoms with E-state index in [0.717, 1.165) is 29.0 Å². The van der Waals surface area contributed by atoms with Crippen LogP contribution in [0.25, 0.3) is 0 Å². The van der Waals surface area contributed by atoms with Crippen molar-refractivity contribution in [1.82, 2.24) is 14.9 Å². The van der Waals surface area contributed by atoms with Crippen molar-refractivity contribution in [2.45, 2.75) is 43.1 Å². The zero-order valence-electron chi connectivity index (χ0n) is 21.1. The van der Waals surface area contributed by atoms with Gasteiger partial charge in [-0.1, -0.05) is 18.2 Å². The number of carbonyl (C=O) groups is 1. The van der Waals surface area contributed by atoms with E-state index in [1.165, 1.54) is 11.3 Å². The lowest BCUT2D eigenvalue weighted by Crippen LogP contribution is -2.44. The number of benzene rings is 2. The Bertz CT molecular complexity index is 1300. The normalized spacial score (nSPS) is 14.9. The van der Waals surface area contributed by atoms with Crippen molar-refractivity contribution in [3.8, 4) is 11.5 Å². The number of methoxy groups -OCH3 is 1. The molecule has 1 aromatic heterocycles. The summed E-state index contributed by atoms with van der Waals surface area (Å²) in [6.07, 6.45) is 1.50. The highest BCUT2D eigenvalue weighted by Crippen LogP contribution is 2.27. The minimum atomic E-state index is -3.57. The van der Waals surface area contributed by atoms with E-state index < -0.39 is 10.0 Å². The maximum atomic E-state index is 13.2. The second kappa shape index (κ2) is 12.6. The fourth-order valence-electron chi connectivity index (χ4n) is 4.23. The van der Waals surface area contributed by atoms with Gasteiger partial charge in [0.1, 0.15) is 15.7 Å². The molecule has 4 rings (SSSR count). The molecule has 0 unspecified atom stereocenters. The lowest BCUT2D eigenvalue weighted by Gasteiger charge is -2.31. The summed E-state index contributed by atoms with van der Waals surface area (Å²) in [7, 11) is -2.02. The fourth-order valence-corrected chi connectivity index (χ4v) is 7.15. The third-order valence-electron chi connectivity index (χ3n) is 6.24. The van der Waals surface area contributed by atoms with E-state index in [0.29, 0.717) is 41.8 Å². The van der Waals surface area contributed by atoms with Gasteiger partial charge in [-0.2, -0.15) is 4.31 Å². The molecule has 10 heteroatoms. The summed E-state index contributed by atoms with van der Waals surface area (Å²) in [6, 6.07) is 18.6. The molecule has 2 aromatic carbocycles. The van der Waals surface area contributed by atoms with Crippen LogP contribution in [0.2, 0.25) is 0 Å². The molecule has 0 saturated carbocycles. The first-order chi connectivity index (χ1) is 17.9. The van der Waals surface area contributed by atoms with E-state index >= 15 is 0 Å². The Labute approximate surface area is 222 Å². The maximum Gasteiger partial charge on any atom is 0.252 e. The highest BCUT2D eigenvalue weighted by atomic mass is 32.2. The van der Waals surface area contributed by atoms with Gasteiger partial charge in [-0.15, -0.1) is 11.3 Å². The molecular weight excluding hydrogens is 510 g/mol. The van der Waals surface area contributed by atoms with Gasteiger partial charge in [-0.25, -0.2) is 8.42 Å². The van der Waals surface area contributed by atoms with Crippen molar-refractivity contribution in [3.05, 3.63) is 76.7 Å². The van der Waals surface area contributed by atoms with Crippen molar-refractivity contribution >= 4 is 27.3 Å². The Morgan fingerprint density at radius 1 is 1.03 bits per heavy atom. The van der Waals surface area contributed by atoms with Gasteiger partial charge in [-0.05, 0) is 67.8 Å². The molecule has 0 spiro atoms. The molecule has 0 bridgehead atoms. The zero-order valence-corrected chi connectivity index (χ0v) is 22.7. The predicted octanol–water partition coefficient (Wildman–Crippen LogP) is 4.03. The average molecular weight is 544 g/mol. The number of thiophene rings is 1. The van der Waals surface area contributed by atoms with Crippen LogP contribution in [0.1, 0.15) is 40.6 Å². The van der Waals surface area contributed by atoms with Gasteiger partial charge < -0.3 is 20.1 Å². The second-order valence-corrected chi connectivity index (χ2v) is 12.1. The minimum absolute atomic E-state index is 0.240. The quantitative estimate of drug-likeness (QED) is 0.379. The van der Waals surface area contributed by atoms with Crippen LogP contribution in [0, 0.1) is 0 Å². The van der Waals surface area contributed by atoms with E-state index in [4.69, 9.17) is 9.47 Å². The van der Waals surface area contributed by atoms with Crippen LogP contribution in [0.15, 0.2) is 64.9 Å². The summed E-state index contributed by atoms with van der Waals surface area (Å²) in [4.78, 5) is 13.2. The van der Waals surface area contributed by atoms with Crippen LogP contribution >= 0.6 is 11.3 Å². The fraction of sp³-hybridized carbons (Fsp3) is 0.370. The van der Waals surface area contributed by atoms with Gasteiger partial charge in [0.15, 0.2) is 0 Å². The third kappa shape index (κ3) is 7.10. The number of amides is 1. The van der Waals surface area contributed by atoms with Crippen LogP contribution in [-0.2, 0) is 23.1 Å². The SMILES string of the molecule is CCOc1cccc(CNC2CCN(S(=O)(=O)c3ccc(CNC(=O)c4cccc(OC)c4)s3)CC2)c1. The van der Waals surface area contributed by atoms with E-state index in [2.05, 4.69) is 16.7 Å². The first-order valence-corrected chi connectivity index (χ1v) is 14.6. The van der Waals surface area contributed by atoms with Crippen LogP contribution in [0.3, 0.4) is 0 Å². The number of ether oxygens (including phenoxy) is 2. The van der Waals surface area contributed by atoms with E-state index in [9.17, 15) is 13.2 Å². The van der Waals surface area contributed by atoms with Crippen LogP contribution < -0.4 is 20.1 Å². The Kier molecular flexibility index (Phi) is 9.20. The second-order valence-electron chi connectivity index (χ2n) is 8.78. The molecule has 3 aromatic rings. The molecule has 1 aliphatic rings. The number of nitrogens with zero attached hydrogens (tertiary/aromatic N) is 1. The molecule has 8 nitrogen and oxygen atoms in total. The molecule has 0 atom stereocenters. The molecule has 1 saturated heterocycles. The summed E-state index contributed by atoms with van der Waals surface area (Å²) in [5.74, 6) is 1.22. The molecule has 0 aliphatic carbocycles. The van der Waals surface area contributed by atoms with Gasteiger partial charge in [0, 0.05) is 36.1 Å². The van der Waals surface area contributed by atoms with Crippen LogP contribution in [0.4, 0.5) is 0 Å². The lowest BCUT2D eigenvalue weighted by molar-refractivity contribution is 0.0951. The van der Waals surface area contributed by atoms with Gasteiger partial charge in [0.05, 0.1) is 20.3 Å². The summed E-state index contributed by atoms with van der Waals surface area (Å²) in [6.45, 7) is 4.51. The minimum Gasteiger partial charge on any atom is -0.497 e. The standard InChI is InChI=1S/C27H33N3O5S2/c1-3-35-24-9-4-6-20(16-24)18-28-22-12-14-30(15-13-22)37(32,33)26-11-10-25(36-26)19-29-27(31)21-7-5-8-23(17-21)34-2/h4-11,16-17,22,28H,3,12-15,18-19H2,1-2H3,(H,29,31). The van der Waals surface area contributed by atoms with E-state index in [1.807, 2.05) is 25.1 Å².